The number of hydrogen-bond donors (Lipinski definition) is 1. The molecule has 0 saturated carbocycles. The molecule has 0 bridgehead atoms. The van der Waals surface area contributed by atoms with Crippen LogP contribution in [0.4, 0.5) is 0 Å². The molecule has 0 aliphatic carbocycles. The minimum Gasteiger partial charge on any atom is -0.380 e. The van der Waals surface area contributed by atoms with Crippen molar-refractivity contribution < 1.29 is 5.11 Å². The van der Waals surface area contributed by atoms with Crippen LogP contribution < -0.4 is 0 Å². The molecule has 0 aromatic rings. The van der Waals surface area contributed by atoms with E-state index in [4.69, 9.17) is 0 Å². The molecule has 1 N–H and O–H groups in total. The Kier molecular flexibility index (Phi) is 6.95. The van der Waals surface area contributed by atoms with Crippen molar-refractivity contribution in [3.05, 3.63) is 12.7 Å². The smallest absolute Gasteiger partial charge is 0.146 e. The monoisotopic (exact) mass is 266 g/mol. The molecule has 0 amide bonds. The van der Waals surface area contributed by atoms with Gasteiger partial charge in [-0.25, -0.2) is 0 Å². The van der Waals surface area contributed by atoms with Gasteiger partial charge in [0.15, 0.2) is 0 Å². The third-order valence-electron chi connectivity index (χ3n) is 4.17. The van der Waals surface area contributed by atoms with Crippen LogP contribution in [0.1, 0.15) is 48.5 Å². The molecule has 0 unspecified atom stereocenters. The van der Waals surface area contributed by atoms with Gasteiger partial charge in [0.2, 0.25) is 0 Å². The lowest BCUT2D eigenvalue weighted by Gasteiger charge is -2.38. The van der Waals surface area contributed by atoms with E-state index in [0.717, 1.165) is 0 Å². The summed E-state index contributed by atoms with van der Waals surface area (Å²) in [5, 5.41) is 10.0. The molecule has 0 aromatic carbocycles. The van der Waals surface area contributed by atoms with Crippen molar-refractivity contribution in [2.45, 2.75) is 71.2 Å². The topological polar surface area (TPSA) is 20.2 Å². The van der Waals surface area contributed by atoms with E-state index in [9.17, 15) is 5.11 Å². The standard InChI is InChI=1S/C16H30OSi/c1-9-15(8)16(17)10-11-18(12(2)3,13(4)5)14(6)7/h9,12-17H,1H2,2-8H3/t15-,16-/m0/s1. The lowest BCUT2D eigenvalue weighted by molar-refractivity contribution is 0.195. The van der Waals surface area contributed by atoms with Gasteiger partial charge < -0.3 is 5.11 Å². The molecule has 2 heteroatoms. The molecule has 0 spiro atoms. The van der Waals surface area contributed by atoms with E-state index in [2.05, 4.69) is 59.6 Å². The summed E-state index contributed by atoms with van der Waals surface area (Å²) >= 11 is 0. The van der Waals surface area contributed by atoms with Crippen LogP contribution in [0.15, 0.2) is 12.7 Å². The fourth-order valence-corrected chi connectivity index (χ4v) is 8.16. The summed E-state index contributed by atoms with van der Waals surface area (Å²) in [5.74, 6) is 3.15. The summed E-state index contributed by atoms with van der Waals surface area (Å²) in [7, 11) is -1.70. The van der Waals surface area contributed by atoms with Crippen molar-refractivity contribution in [1.82, 2.24) is 0 Å². The zero-order valence-corrected chi connectivity index (χ0v) is 14.1. The molecule has 18 heavy (non-hydrogen) atoms. The Balaban J connectivity index is 5.38. The predicted molar refractivity (Wildman–Crippen MR) is 84.2 cm³/mol. The molecule has 0 aliphatic heterocycles. The first-order valence-corrected chi connectivity index (χ1v) is 9.26. The number of rotatable bonds is 5. The highest BCUT2D eigenvalue weighted by Crippen LogP contribution is 2.40. The second-order valence-corrected chi connectivity index (χ2v) is 11.8. The van der Waals surface area contributed by atoms with Crippen LogP contribution in [0.2, 0.25) is 16.6 Å². The third-order valence-corrected chi connectivity index (χ3v) is 10.5. The Morgan fingerprint density at radius 2 is 1.33 bits per heavy atom. The minimum absolute atomic E-state index is 0.0377. The van der Waals surface area contributed by atoms with Crippen molar-refractivity contribution >= 4 is 8.07 Å². The molecule has 0 radical (unpaired) electrons. The van der Waals surface area contributed by atoms with Gasteiger partial charge in [-0.05, 0) is 16.6 Å². The maximum atomic E-state index is 10.0. The SMILES string of the molecule is C=C[C@H](C)[C@@H](O)C#C[Si](C(C)C)(C(C)C)C(C)C. The van der Waals surface area contributed by atoms with E-state index in [1.807, 2.05) is 6.92 Å². The molecule has 1 nitrogen and oxygen atoms in total. The minimum atomic E-state index is -1.70. The maximum Gasteiger partial charge on any atom is 0.146 e. The van der Waals surface area contributed by atoms with Crippen molar-refractivity contribution in [2.75, 3.05) is 0 Å². The lowest BCUT2D eigenvalue weighted by Crippen LogP contribution is -2.43. The van der Waals surface area contributed by atoms with E-state index in [1.54, 1.807) is 6.08 Å². The van der Waals surface area contributed by atoms with Gasteiger partial charge in [0.1, 0.15) is 14.2 Å². The van der Waals surface area contributed by atoms with Crippen LogP contribution in [0.3, 0.4) is 0 Å². The summed E-state index contributed by atoms with van der Waals surface area (Å²) in [5.41, 5.74) is 5.36. The van der Waals surface area contributed by atoms with Crippen molar-refractivity contribution in [3.63, 3.8) is 0 Å². The van der Waals surface area contributed by atoms with Crippen LogP contribution >= 0.6 is 0 Å². The molecule has 0 fully saturated rings. The Labute approximate surface area is 115 Å². The fourth-order valence-electron chi connectivity index (χ4n) is 2.89. The Morgan fingerprint density at radius 1 is 0.944 bits per heavy atom. The average molecular weight is 267 g/mol. The van der Waals surface area contributed by atoms with Gasteiger partial charge in [-0.3, -0.25) is 0 Å². The molecule has 0 heterocycles. The fraction of sp³-hybridized carbons (Fsp3) is 0.750. The van der Waals surface area contributed by atoms with Gasteiger partial charge in [0, 0.05) is 5.92 Å². The van der Waals surface area contributed by atoms with Gasteiger partial charge in [0.05, 0.1) is 0 Å². The van der Waals surface area contributed by atoms with Gasteiger partial charge in [0.25, 0.3) is 0 Å². The predicted octanol–water partition coefficient (Wildman–Crippen LogP) is 4.39. The van der Waals surface area contributed by atoms with Gasteiger partial charge in [-0.2, -0.15) is 0 Å². The second-order valence-electron chi connectivity index (χ2n) is 6.21. The van der Waals surface area contributed by atoms with Crippen molar-refractivity contribution in [2.24, 2.45) is 5.92 Å². The average Bonchev–Trinajstić information content (AvgIpc) is 2.26. The summed E-state index contributed by atoms with van der Waals surface area (Å²) in [4.78, 5) is 0. The molecular formula is C16H30OSi. The van der Waals surface area contributed by atoms with E-state index >= 15 is 0 Å². The van der Waals surface area contributed by atoms with Crippen LogP contribution in [0.5, 0.6) is 0 Å². The summed E-state index contributed by atoms with van der Waals surface area (Å²) in [6, 6.07) is 0. The Morgan fingerprint density at radius 3 is 1.61 bits per heavy atom. The first-order chi connectivity index (χ1) is 8.20. The number of aliphatic hydroxyl groups excluding tert-OH is 1. The molecule has 104 valence electrons. The van der Waals surface area contributed by atoms with E-state index in [1.165, 1.54) is 0 Å². The van der Waals surface area contributed by atoms with Crippen molar-refractivity contribution in [3.8, 4) is 11.5 Å². The third kappa shape index (κ3) is 3.73. The number of aliphatic hydroxyl groups is 1. The van der Waals surface area contributed by atoms with Gasteiger partial charge in [-0.15, -0.1) is 12.1 Å². The molecule has 0 saturated heterocycles. The van der Waals surface area contributed by atoms with Crippen LogP contribution in [-0.4, -0.2) is 19.3 Å². The zero-order chi connectivity index (χ0) is 14.5. The van der Waals surface area contributed by atoms with Crippen molar-refractivity contribution in [1.29, 1.82) is 0 Å². The summed E-state index contributed by atoms with van der Waals surface area (Å²) < 4.78 is 0. The first kappa shape index (κ1) is 17.5. The van der Waals surface area contributed by atoms with E-state index in [0.29, 0.717) is 16.6 Å². The van der Waals surface area contributed by atoms with Crippen LogP contribution in [0, 0.1) is 17.4 Å². The summed E-state index contributed by atoms with van der Waals surface area (Å²) in [6.07, 6.45) is 1.19. The van der Waals surface area contributed by atoms with E-state index in [-0.39, 0.29) is 5.92 Å². The molecule has 0 aromatic heterocycles. The highest BCUT2D eigenvalue weighted by Gasteiger charge is 2.41. The largest absolute Gasteiger partial charge is 0.380 e. The Bertz CT molecular complexity index is 298. The summed E-state index contributed by atoms with van der Waals surface area (Å²) in [6.45, 7) is 19.4. The van der Waals surface area contributed by atoms with Gasteiger partial charge >= 0.3 is 0 Å². The normalized spacial score (nSPS) is 15.5. The lowest BCUT2D eigenvalue weighted by atomic mass is 10.1. The molecule has 0 aliphatic rings. The first-order valence-electron chi connectivity index (χ1n) is 7.03. The van der Waals surface area contributed by atoms with Crippen LogP contribution in [0.25, 0.3) is 0 Å². The highest BCUT2D eigenvalue weighted by atomic mass is 28.3. The highest BCUT2D eigenvalue weighted by molar-refractivity contribution is 6.90. The van der Waals surface area contributed by atoms with E-state index < -0.39 is 14.2 Å². The molecule has 2 atom stereocenters. The second kappa shape index (κ2) is 7.16. The number of hydrogen-bond acceptors (Lipinski definition) is 1. The Hall–Kier alpha value is -0.523. The molecular weight excluding hydrogens is 236 g/mol. The van der Waals surface area contributed by atoms with Gasteiger partial charge in [-0.1, -0.05) is 60.5 Å². The maximum absolute atomic E-state index is 10.0. The molecule has 0 rings (SSSR count). The van der Waals surface area contributed by atoms with Crippen LogP contribution in [-0.2, 0) is 0 Å². The zero-order valence-electron chi connectivity index (χ0n) is 13.1. The quantitative estimate of drug-likeness (QED) is 0.444.